The number of alkyl halides is 2. The number of benzene rings is 1. The van der Waals surface area contributed by atoms with E-state index in [1.165, 1.54) is 42.2 Å². The molecular weight excluding hydrogens is 615 g/mol. The summed E-state index contributed by atoms with van der Waals surface area (Å²) in [7, 11) is 0. The smallest absolute Gasteiger partial charge is 0.338 e. The molecule has 2 N–H and O–H groups in total. The standard InChI is InChI=1S/C30H32F3N5O6S/c1-5-44-27(41)21-18(35-24(25-34-9-10-45-25)36-23(21)16-7-6-8-17(31)15(16)2)12-37-14-30(32,33)22-19(37)13-38(26(22)40)20(39)11-29(3,4)28(42)43/h6-10,19,22-23H,5,11-14H2,1-4H3,(H,35,36)(H,42,43)/t19-,22-,23-/m0/s1. The predicted molar refractivity (Wildman–Crippen MR) is 156 cm³/mol. The summed E-state index contributed by atoms with van der Waals surface area (Å²) in [4.78, 5) is 62.3. The van der Waals surface area contributed by atoms with Crippen molar-refractivity contribution in [2.75, 3.05) is 26.2 Å². The summed E-state index contributed by atoms with van der Waals surface area (Å²) in [5.74, 6) is -9.65. The van der Waals surface area contributed by atoms with Crippen molar-refractivity contribution in [2.45, 2.75) is 52.1 Å². The van der Waals surface area contributed by atoms with Crippen LogP contribution in [-0.4, -0.2) is 87.7 Å². The predicted octanol–water partition coefficient (Wildman–Crippen LogP) is 3.30. The number of amides is 2. The molecular formula is C30H32F3N5O6S. The number of esters is 1. The van der Waals surface area contributed by atoms with Crippen LogP contribution in [0.25, 0.3) is 0 Å². The number of fused-ring (bicyclic) bond motifs is 1. The molecule has 15 heteroatoms. The molecule has 4 heterocycles. The first-order chi connectivity index (χ1) is 21.2. The third kappa shape index (κ3) is 5.98. The molecule has 11 nitrogen and oxygen atoms in total. The molecule has 3 aliphatic rings. The molecule has 1 aromatic heterocycles. The first-order valence-electron chi connectivity index (χ1n) is 14.3. The average Bonchev–Trinajstić information content (AvgIpc) is 3.67. The van der Waals surface area contributed by atoms with E-state index in [1.54, 1.807) is 31.5 Å². The lowest BCUT2D eigenvalue weighted by molar-refractivity contribution is -0.155. The van der Waals surface area contributed by atoms with E-state index >= 15 is 8.78 Å². The van der Waals surface area contributed by atoms with Crippen molar-refractivity contribution in [3.8, 4) is 0 Å². The van der Waals surface area contributed by atoms with E-state index < -0.39 is 71.9 Å². The largest absolute Gasteiger partial charge is 0.481 e. The molecule has 2 amide bonds. The van der Waals surface area contributed by atoms with Crippen LogP contribution >= 0.6 is 11.3 Å². The Bertz CT molecular complexity index is 1610. The Morgan fingerprint density at radius 1 is 1.27 bits per heavy atom. The van der Waals surface area contributed by atoms with Crippen LogP contribution in [0.1, 0.15) is 49.4 Å². The zero-order chi connectivity index (χ0) is 32.8. The monoisotopic (exact) mass is 647 g/mol. The third-order valence-electron chi connectivity index (χ3n) is 8.32. The van der Waals surface area contributed by atoms with Gasteiger partial charge in [-0.2, -0.15) is 0 Å². The summed E-state index contributed by atoms with van der Waals surface area (Å²) in [5.41, 5.74) is -0.774. The molecule has 0 aliphatic carbocycles. The summed E-state index contributed by atoms with van der Waals surface area (Å²) >= 11 is 1.24. The second-order valence-corrected chi connectivity index (χ2v) is 12.7. The van der Waals surface area contributed by atoms with Crippen molar-refractivity contribution >= 4 is 40.9 Å². The van der Waals surface area contributed by atoms with Gasteiger partial charge in [-0.25, -0.2) is 22.9 Å². The fraction of sp³-hybridized carbons (Fsp3) is 0.467. The number of rotatable bonds is 9. The van der Waals surface area contributed by atoms with E-state index in [-0.39, 0.29) is 42.4 Å². The molecule has 2 fully saturated rings. The van der Waals surface area contributed by atoms with Gasteiger partial charge < -0.3 is 15.2 Å². The highest BCUT2D eigenvalue weighted by Crippen LogP contribution is 2.45. The zero-order valence-corrected chi connectivity index (χ0v) is 25.8. The highest BCUT2D eigenvalue weighted by molar-refractivity contribution is 7.11. The lowest BCUT2D eigenvalue weighted by atomic mass is 9.89. The Morgan fingerprint density at radius 3 is 2.64 bits per heavy atom. The number of hydrogen-bond acceptors (Lipinski definition) is 10. The number of carbonyl (C=O) groups is 4. The van der Waals surface area contributed by atoms with Gasteiger partial charge in [-0.05, 0) is 44.9 Å². The van der Waals surface area contributed by atoms with Gasteiger partial charge in [0.15, 0.2) is 10.8 Å². The number of carboxylic acids is 1. The van der Waals surface area contributed by atoms with Crippen LogP contribution in [0.2, 0.25) is 0 Å². The molecule has 45 heavy (non-hydrogen) atoms. The van der Waals surface area contributed by atoms with Gasteiger partial charge in [0.25, 0.3) is 5.92 Å². The van der Waals surface area contributed by atoms with E-state index in [9.17, 15) is 28.7 Å². The minimum atomic E-state index is -3.52. The minimum absolute atomic E-state index is 0.00172. The number of likely N-dealkylation sites (tertiary alicyclic amines) is 2. The topological polar surface area (TPSA) is 142 Å². The number of carbonyl (C=O) groups excluding carboxylic acids is 3. The molecule has 0 bridgehead atoms. The van der Waals surface area contributed by atoms with Gasteiger partial charge >= 0.3 is 11.9 Å². The highest BCUT2D eigenvalue weighted by atomic mass is 32.1. The fourth-order valence-electron chi connectivity index (χ4n) is 5.90. The summed E-state index contributed by atoms with van der Waals surface area (Å²) in [6, 6.07) is 2.17. The number of aromatic nitrogens is 1. The first kappa shape index (κ1) is 32.3. The van der Waals surface area contributed by atoms with Crippen molar-refractivity contribution in [2.24, 2.45) is 16.3 Å². The number of hydrogen-bond donors (Lipinski definition) is 2. The molecule has 3 aliphatic heterocycles. The van der Waals surface area contributed by atoms with Gasteiger partial charge in [-0.1, -0.05) is 12.1 Å². The lowest BCUT2D eigenvalue weighted by Gasteiger charge is -2.31. The van der Waals surface area contributed by atoms with Gasteiger partial charge in [-0.15, -0.1) is 11.3 Å². The third-order valence-corrected chi connectivity index (χ3v) is 9.10. The molecule has 2 aromatic rings. The first-order valence-corrected chi connectivity index (χ1v) is 15.1. The second kappa shape index (κ2) is 12.0. The van der Waals surface area contributed by atoms with Crippen molar-refractivity contribution < 1.29 is 42.2 Å². The number of aliphatic imine (C=N–C) groups is 1. The molecule has 0 radical (unpaired) electrons. The van der Waals surface area contributed by atoms with Gasteiger partial charge in [0, 0.05) is 42.8 Å². The van der Waals surface area contributed by atoms with Crippen LogP contribution in [0, 0.1) is 24.1 Å². The van der Waals surface area contributed by atoms with Crippen LogP contribution in [0.3, 0.4) is 0 Å². The molecule has 0 spiro atoms. The van der Waals surface area contributed by atoms with E-state index in [0.29, 0.717) is 15.5 Å². The Balaban J connectivity index is 1.54. The normalized spacial score (nSPS) is 23.1. The molecule has 2 saturated heterocycles. The van der Waals surface area contributed by atoms with E-state index in [4.69, 9.17) is 9.73 Å². The van der Waals surface area contributed by atoms with Gasteiger partial charge in [0.2, 0.25) is 11.8 Å². The van der Waals surface area contributed by atoms with Gasteiger partial charge in [0.05, 0.1) is 24.1 Å². The lowest BCUT2D eigenvalue weighted by Crippen LogP contribution is -2.45. The highest BCUT2D eigenvalue weighted by Gasteiger charge is 2.63. The maximum atomic E-state index is 15.5. The Hall–Kier alpha value is -4.11. The van der Waals surface area contributed by atoms with Gasteiger partial charge in [-0.3, -0.25) is 29.2 Å². The van der Waals surface area contributed by atoms with Crippen molar-refractivity contribution in [3.63, 3.8) is 0 Å². The zero-order valence-electron chi connectivity index (χ0n) is 25.0. The number of ether oxygens (including phenoxy) is 1. The fourth-order valence-corrected chi connectivity index (χ4v) is 6.49. The maximum absolute atomic E-state index is 15.5. The minimum Gasteiger partial charge on any atom is -0.481 e. The maximum Gasteiger partial charge on any atom is 0.338 e. The number of thiazole rings is 1. The number of nitrogens with zero attached hydrogens (tertiary/aromatic N) is 4. The molecule has 0 unspecified atom stereocenters. The average molecular weight is 648 g/mol. The summed E-state index contributed by atoms with van der Waals surface area (Å²) in [6.07, 6.45) is 0.991. The van der Waals surface area contributed by atoms with Crippen molar-refractivity contribution in [1.29, 1.82) is 0 Å². The van der Waals surface area contributed by atoms with E-state index in [1.807, 2.05) is 0 Å². The van der Waals surface area contributed by atoms with Crippen LogP contribution in [0.5, 0.6) is 0 Å². The second-order valence-electron chi connectivity index (χ2n) is 11.8. The van der Waals surface area contributed by atoms with Crippen LogP contribution in [0.4, 0.5) is 13.2 Å². The van der Waals surface area contributed by atoms with Gasteiger partial charge in [0.1, 0.15) is 17.8 Å². The number of carboxylic acid groups (broad SMARTS) is 1. The summed E-state index contributed by atoms with van der Waals surface area (Å²) < 4.78 is 51.0. The number of nitrogens with one attached hydrogen (secondary N) is 1. The van der Waals surface area contributed by atoms with E-state index in [0.717, 1.165) is 0 Å². The quantitative estimate of drug-likeness (QED) is 0.392. The van der Waals surface area contributed by atoms with Crippen LogP contribution in [-0.2, 0) is 23.9 Å². The summed E-state index contributed by atoms with van der Waals surface area (Å²) in [5, 5.41) is 14.6. The molecule has 1 aromatic carbocycles. The Kier molecular flexibility index (Phi) is 8.61. The van der Waals surface area contributed by atoms with Crippen molar-refractivity contribution in [3.05, 3.63) is 63.0 Å². The van der Waals surface area contributed by atoms with Crippen LogP contribution in [0.15, 0.2) is 46.0 Å². The molecule has 5 rings (SSSR count). The van der Waals surface area contributed by atoms with Crippen molar-refractivity contribution in [1.82, 2.24) is 20.1 Å². The number of imide groups is 1. The number of halogens is 3. The Morgan fingerprint density at radius 2 is 2.00 bits per heavy atom. The molecule has 240 valence electrons. The Labute approximate surface area is 260 Å². The summed E-state index contributed by atoms with van der Waals surface area (Å²) in [6.45, 7) is 4.25. The number of aliphatic carboxylic acids is 1. The van der Waals surface area contributed by atoms with Crippen LogP contribution < -0.4 is 5.32 Å². The SMILES string of the molecule is CCOC(=O)C1=C(CN2CC(F)(F)[C@@H]3C(=O)N(C(=O)CC(C)(C)C(=O)O)C[C@@H]32)NC(c2nccs2)=N[C@H]1c1cccc(F)c1C. The molecule has 0 saturated carbocycles. The molecule has 3 atom stereocenters. The number of amidine groups is 1. The van der Waals surface area contributed by atoms with E-state index in [2.05, 4.69) is 10.3 Å².